The Labute approximate surface area is 146 Å². The molecule has 2 amide bonds. The van der Waals surface area contributed by atoms with Crippen LogP contribution in [0.15, 0.2) is 36.7 Å². The second kappa shape index (κ2) is 8.93. The lowest BCUT2D eigenvalue weighted by atomic mass is 10.1. The van der Waals surface area contributed by atoms with E-state index in [2.05, 4.69) is 15.7 Å². The number of hydrogen-bond donors (Lipinski definition) is 3. The van der Waals surface area contributed by atoms with Gasteiger partial charge in [0.1, 0.15) is 17.6 Å². The Kier molecular flexibility index (Phi) is 6.64. The van der Waals surface area contributed by atoms with Crippen molar-refractivity contribution in [3.63, 3.8) is 0 Å². The number of amides is 2. The first kappa shape index (κ1) is 18.6. The van der Waals surface area contributed by atoms with Crippen LogP contribution in [0.25, 0.3) is 0 Å². The van der Waals surface area contributed by atoms with Crippen LogP contribution in [-0.4, -0.2) is 47.7 Å². The van der Waals surface area contributed by atoms with E-state index in [0.717, 1.165) is 0 Å². The second-order valence-electron chi connectivity index (χ2n) is 5.61. The van der Waals surface area contributed by atoms with Crippen LogP contribution in [0.4, 0.5) is 4.79 Å². The highest BCUT2D eigenvalue weighted by Crippen LogP contribution is 2.28. The molecule has 0 spiro atoms. The molecule has 1 heterocycles. The van der Waals surface area contributed by atoms with Crippen molar-refractivity contribution in [3.05, 3.63) is 42.2 Å². The zero-order chi connectivity index (χ0) is 18.2. The summed E-state index contributed by atoms with van der Waals surface area (Å²) in [7, 11) is 3.07. The van der Waals surface area contributed by atoms with Gasteiger partial charge in [-0.05, 0) is 31.2 Å². The quantitative estimate of drug-likeness (QED) is 0.668. The number of rotatable bonds is 8. The first-order valence-electron chi connectivity index (χ1n) is 7.95. The average molecular weight is 348 g/mol. The summed E-state index contributed by atoms with van der Waals surface area (Å²) in [6.07, 6.45) is 2.59. The molecule has 2 aromatic rings. The van der Waals surface area contributed by atoms with Crippen molar-refractivity contribution in [3.8, 4) is 11.5 Å². The van der Waals surface area contributed by atoms with Crippen LogP contribution in [0.1, 0.15) is 18.6 Å². The maximum absolute atomic E-state index is 12.0. The second-order valence-corrected chi connectivity index (χ2v) is 5.61. The minimum atomic E-state index is -0.919. The minimum absolute atomic E-state index is 0.0455. The highest BCUT2D eigenvalue weighted by atomic mass is 16.5. The number of aliphatic hydroxyl groups excluding tert-OH is 1. The summed E-state index contributed by atoms with van der Waals surface area (Å²) < 4.78 is 12.1. The van der Waals surface area contributed by atoms with Crippen molar-refractivity contribution in [2.24, 2.45) is 0 Å². The van der Waals surface area contributed by atoms with E-state index < -0.39 is 6.10 Å². The monoisotopic (exact) mass is 348 g/mol. The van der Waals surface area contributed by atoms with E-state index in [9.17, 15) is 9.90 Å². The van der Waals surface area contributed by atoms with Crippen molar-refractivity contribution in [1.82, 2.24) is 20.4 Å². The molecule has 0 saturated heterocycles. The molecular formula is C17H24N4O4. The van der Waals surface area contributed by atoms with Crippen molar-refractivity contribution in [2.45, 2.75) is 25.6 Å². The van der Waals surface area contributed by atoms with Crippen LogP contribution in [0.3, 0.4) is 0 Å². The number of benzene rings is 1. The topological polar surface area (TPSA) is 97.6 Å². The van der Waals surface area contributed by atoms with Crippen molar-refractivity contribution < 1.29 is 19.4 Å². The van der Waals surface area contributed by atoms with E-state index >= 15 is 0 Å². The zero-order valence-corrected chi connectivity index (χ0v) is 14.6. The molecule has 8 nitrogen and oxygen atoms in total. The summed E-state index contributed by atoms with van der Waals surface area (Å²) in [4.78, 5) is 12.0. The molecule has 25 heavy (non-hydrogen) atoms. The predicted molar refractivity (Wildman–Crippen MR) is 92.7 cm³/mol. The summed E-state index contributed by atoms with van der Waals surface area (Å²) in [6.45, 7) is 2.49. The van der Waals surface area contributed by atoms with Gasteiger partial charge in [-0.1, -0.05) is 0 Å². The molecule has 0 saturated carbocycles. The van der Waals surface area contributed by atoms with Gasteiger partial charge in [-0.3, -0.25) is 4.68 Å². The lowest BCUT2D eigenvalue weighted by Gasteiger charge is -2.18. The summed E-state index contributed by atoms with van der Waals surface area (Å²) in [6, 6.07) is 6.49. The molecule has 0 unspecified atom stereocenters. The van der Waals surface area contributed by atoms with E-state index in [-0.39, 0.29) is 18.6 Å². The maximum atomic E-state index is 12.0. The number of aromatic nitrogens is 2. The van der Waals surface area contributed by atoms with Gasteiger partial charge in [0, 0.05) is 30.5 Å². The number of urea groups is 1. The normalized spacial score (nSPS) is 13.0. The fourth-order valence-corrected chi connectivity index (χ4v) is 2.41. The molecule has 3 N–H and O–H groups in total. The van der Waals surface area contributed by atoms with Crippen molar-refractivity contribution in [1.29, 1.82) is 0 Å². The SMILES string of the molecule is COc1ccc(OC)c([C@H](O)CNC(=O)N[C@@H](C)Cn2cccn2)c1. The predicted octanol–water partition coefficient (Wildman–Crippen LogP) is 1.32. The third-order valence-corrected chi connectivity index (χ3v) is 3.65. The van der Waals surface area contributed by atoms with Gasteiger partial charge in [0.15, 0.2) is 0 Å². The number of hydrogen-bond acceptors (Lipinski definition) is 5. The van der Waals surface area contributed by atoms with E-state index in [1.807, 2.05) is 19.2 Å². The molecule has 136 valence electrons. The number of ether oxygens (including phenoxy) is 2. The Hall–Kier alpha value is -2.74. The van der Waals surface area contributed by atoms with Crippen LogP contribution in [0.5, 0.6) is 11.5 Å². The van der Waals surface area contributed by atoms with Gasteiger partial charge in [0.2, 0.25) is 0 Å². The molecule has 1 aromatic carbocycles. The number of carbonyl (C=O) groups excluding carboxylic acids is 1. The molecule has 0 aliphatic carbocycles. The Morgan fingerprint density at radius 2 is 2.16 bits per heavy atom. The summed E-state index contributed by atoms with van der Waals surface area (Å²) >= 11 is 0. The highest BCUT2D eigenvalue weighted by molar-refractivity contribution is 5.74. The number of nitrogens with one attached hydrogen (secondary N) is 2. The molecule has 0 fully saturated rings. The Balaban J connectivity index is 1.86. The van der Waals surface area contributed by atoms with Crippen molar-refractivity contribution >= 4 is 6.03 Å². The zero-order valence-electron chi connectivity index (χ0n) is 14.6. The average Bonchev–Trinajstić information content (AvgIpc) is 3.11. The lowest BCUT2D eigenvalue weighted by molar-refractivity contribution is 0.168. The Morgan fingerprint density at radius 3 is 2.80 bits per heavy atom. The fraction of sp³-hybridized carbons (Fsp3) is 0.412. The van der Waals surface area contributed by atoms with E-state index in [4.69, 9.17) is 9.47 Å². The van der Waals surface area contributed by atoms with Gasteiger partial charge in [-0.15, -0.1) is 0 Å². The van der Waals surface area contributed by atoms with Crippen LogP contribution in [0, 0.1) is 0 Å². The number of carbonyl (C=O) groups is 1. The molecule has 8 heteroatoms. The largest absolute Gasteiger partial charge is 0.497 e. The van der Waals surface area contributed by atoms with E-state index in [1.54, 1.807) is 36.2 Å². The third kappa shape index (κ3) is 5.39. The Bertz CT molecular complexity index is 675. The summed E-state index contributed by atoms with van der Waals surface area (Å²) in [5.74, 6) is 1.13. The van der Waals surface area contributed by atoms with E-state index in [0.29, 0.717) is 23.6 Å². The van der Waals surface area contributed by atoms with Gasteiger partial charge in [0.25, 0.3) is 0 Å². The number of methoxy groups -OCH3 is 2. The van der Waals surface area contributed by atoms with Gasteiger partial charge >= 0.3 is 6.03 Å². The fourth-order valence-electron chi connectivity index (χ4n) is 2.41. The molecule has 0 radical (unpaired) electrons. The maximum Gasteiger partial charge on any atom is 0.315 e. The molecule has 0 aliphatic heterocycles. The smallest absolute Gasteiger partial charge is 0.315 e. The molecule has 2 rings (SSSR count). The van der Waals surface area contributed by atoms with Crippen LogP contribution in [0.2, 0.25) is 0 Å². The molecule has 0 bridgehead atoms. The van der Waals surface area contributed by atoms with Crippen LogP contribution < -0.4 is 20.1 Å². The molecular weight excluding hydrogens is 324 g/mol. The summed E-state index contributed by atoms with van der Waals surface area (Å²) in [5, 5.41) is 19.9. The third-order valence-electron chi connectivity index (χ3n) is 3.65. The molecule has 1 aromatic heterocycles. The first-order valence-corrected chi connectivity index (χ1v) is 7.95. The summed E-state index contributed by atoms with van der Waals surface area (Å²) in [5.41, 5.74) is 0.548. The van der Waals surface area contributed by atoms with E-state index in [1.165, 1.54) is 7.11 Å². The Morgan fingerprint density at radius 1 is 1.36 bits per heavy atom. The molecule has 2 atom stereocenters. The minimum Gasteiger partial charge on any atom is -0.497 e. The van der Waals surface area contributed by atoms with Crippen LogP contribution >= 0.6 is 0 Å². The van der Waals surface area contributed by atoms with Gasteiger partial charge in [-0.25, -0.2) is 4.79 Å². The van der Waals surface area contributed by atoms with Gasteiger partial charge < -0.3 is 25.2 Å². The number of nitrogens with zero attached hydrogens (tertiary/aromatic N) is 2. The van der Waals surface area contributed by atoms with Crippen molar-refractivity contribution in [2.75, 3.05) is 20.8 Å². The lowest BCUT2D eigenvalue weighted by Crippen LogP contribution is -2.43. The van der Waals surface area contributed by atoms with Crippen LogP contribution in [-0.2, 0) is 6.54 Å². The first-order chi connectivity index (χ1) is 12.0. The molecule has 0 aliphatic rings. The number of aliphatic hydroxyl groups is 1. The van der Waals surface area contributed by atoms with Gasteiger partial charge in [0.05, 0.1) is 20.8 Å². The van der Waals surface area contributed by atoms with Gasteiger partial charge in [-0.2, -0.15) is 5.10 Å². The highest BCUT2D eigenvalue weighted by Gasteiger charge is 2.16. The standard InChI is InChI=1S/C17H24N4O4/c1-12(11-21-8-4-7-19-21)20-17(23)18-10-15(22)14-9-13(24-2)5-6-16(14)25-3/h4-9,12,15,22H,10-11H2,1-3H3,(H2,18,20,23)/t12-,15+/m0/s1.